The molecule has 1 aromatic carbocycles. The van der Waals surface area contributed by atoms with E-state index in [1.54, 1.807) is 23.4 Å². The normalized spacial score (nSPS) is 17.3. The molecular weight excluding hydrogens is 298 g/mol. The fourth-order valence-corrected chi connectivity index (χ4v) is 4.41. The minimum absolute atomic E-state index is 0.290. The second-order valence-corrected chi connectivity index (χ2v) is 7.77. The molecule has 0 aliphatic carbocycles. The quantitative estimate of drug-likeness (QED) is 0.898. The van der Waals surface area contributed by atoms with E-state index in [0.29, 0.717) is 30.1 Å². The van der Waals surface area contributed by atoms with Gasteiger partial charge in [0.1, 0.15) is 0 Å². The van der Waals surface area contributed by atoms with Crippen LogP contribution in [0, 0.1) is 24.2 Å². The highest BCUT2D eigenvalue weighted by Gasteiger charge is 2.29. The summed E-state index contributed by atoms with van der Waals surface area (Å²) in [5.41, 5.74) is 1.22. The molecule has 1 N–H and O–H groups in total. The maximum Gasteiger partial charge on any atom is 0.243 e. The highest BCUT2D eigenvalue weighted by atomic mass is 32.2. The number of benzene rings is 1. The summed E-state index contributed by atoms with van der Waals surface area (Å²) in [6.45, 7) is 3.90. The summed E-state index contributed by atoms with van der Waals surface area (Å²) in [5, 5.41) is 12.1. The molecule has 22 heavy (non-hydrogen) atoms. The fourth-order valence-electron chi connectivity index (χ4n) is 2.86. The van der Waals surface area contributed by atoms with E-state index in [1.165, 1.54) is 6.07 Å². The van der Waals surface area contributed by atoms with Crippen molar-refractivity contribution < 1.29 is 8.42 Å². The lowest BCUT2D eigenvalue weighted by Crippen LogP contribution is -2.38. The van der Waals surface area contributed by atoms with Gasteiger partial charge in [0.15, 0.2) is 0 Å². The predicted molar refractivity (Wildman–Crippen MR) is 85.9 cm³/mol. The smallest absolute Gasteiger partial charge is 0.243 e. The van der Waals surface area contributed by atoms with Crippen LogP contribution in [0.1, 0.15) is 30.4 Å². The molecule has 1 aromatic rings. The first-order valence-corrected chi connectivity index (χ1v) is 9.08. The molecule has 0 radical (unpaired) electrons. The van der Waals surface area contributed by atoms with E-state index in [4.69, 9.17) is 5.26 Å². The molecule has 1 aliphatic heterocycles. The molecule has 1 heterocycles. The largest absolute Gasteiger partial charge is 0.320 e. The van der Waals surface area contributed by atoms with E-state index in [9.17, 15) is 8.42 Å². The maximum atomic E-state index is 12.7. The second kappa shape index (κ2) is 7.23. The number of aryl methyl sites for hydroxylation is 1. The third-order valence-corrected chi connectivity index (χ3v) is 6.23. The number of rotatable bonds is 5. The van der Waals surface area contributed by atoms with Crippen LogP contribution in [0.25, 0.3) is 0 Å². The molecule has 0 saturated carbocycles. The molecule has 0 spiro atoms. The zero-order valence-corrected chi connectivity index (χ0v) is 14.0. The molecule has 0 aromatic heterocycles. The van der Waals surface area contributed by atoms with Crippen LogP contribution in [0.2, 0.25) is 0 Å². The lowest BCUT2D eigenvalue weighted by Gasteiger charge is -2.31. The summed E-state index contributed by atoms with van der Waals surface area (Å²) >= 11 is 0. The van der Waals surface area contributed by atoms with Gasteiger partial charge >= 0.3 is 0 Å². The number of nitriles is 1. The van der Waals surface area contributed by atoms with Gasteiger partial charge in [0.25, 0.3) is 0 Å². The van der Waals surface area contributed by atoms with Gasteiger partial charge in [-0.1, -0.05) is 0 Å². The summed E-state index contributed by atoms with van der Waals surface area (Å²) in [5.74, 6) is 0.599. The highest BCUT2D eigenvalue weighted by molar-refractivity contribution is 7.89. The Morgan fingerprint density at radius 2 is 2.05 bits per heavy atom. The van der Waals surface area contributed by atoms with Crippen LogP contribution >= 0.6 is 0 Å². The van der Waals surface area contributed by atoms with Crippen molar-refractivity contribution in [3.8, 4) is 6.07 Å². The van der Waals surface area contributed by atoms with E-state index in [1.807, 2.05) is 7.05 Å². The minimum atomic E-state index is -3.45. The predicted octanol–water partition coefficient (Wildman–Crippen LogP) is 1.88. The number of piperidine rings is 1. The van der Waals surface area contributed by atoms with Crippen LogP contribution in [-0.4, -0.2) is 39.4 Å². The highest BCUT2D eigenvalue weighted by Crippen LogP contribution is 2.26. The van der Waals surface area contributed by atoms with Crippen molar-refractivity contribution in [3.05, 3.63) is 29.3 Å². The third-order valence-electron chi connectivity index (χ3n) is 4.33. The Hall–Kier alpha value is -1.42. The molecule has 0 amide bonds. The Balaban J connectivity index is 2.09. The first-order valence-electron chi connectivity index (χ1n) is 7.64. The van der Waals surface area contributed by atoms with Gasteiger partial charge in [-0.25, -0.2) is 8.42 Å². The molecule has 1 fully saturated rings. The number of hydrogen-bond donors (Lipinski definition) is 1. The fraction of sp³-hybridized carbons (Fsp3) is 0.562. The second-order valence-electron chi connectivity index (χ2n) is 5.83. The van der Waals surface area contributed by atoms with Gasteiger partial charge < -0.3 is 5.32 Å². The minimum Gasteiger partial charge on any atom is -0.320 e. The number of sulfonamides is 1. The van der Waals surface area contributed by atoms with Gasteiger partial charge in [0.2, 0.25) is 10.0 Å². The van der Waals surface area contributed by atoms with Gasteiger partial charge in [-0.2, -0.15) is 9.57 Å². The summed E-state index contributed by atoms with van der Waals surface area (Å²) in [6.07, 6.45) is 2.92. The Bertz CT molecular complexity index is 656. The van der Waals surface area contributed by atoms with Crippen LogP contribution in [0.3, 0.4) is 0 Å². The Morgan fingerprint density at radius 3 is 2.59 bits per heavy atom. The van der Waals surface area contributed by atoms with Crippen LogP contribution in [0.15, 0.2) is 23.1 Å². The lowest BCUT2D eigenvalue weighted by molar-refractivity contribution is 0.263. The molecule has 120 valence electrons. The van der Waals surface area contributed by atoms with Gasteiger partial charge in [0.05, 0.1) is 16.5 Å². The van der Waals surface area contributed by atoms with Crippen molar-refractivity contribution in [3.63, 3.8) is 0 Å². The van der Waals surface area contributed by atoms with Crippen LogP contribution in [-0.2, 0) is 10.0 Å². The molecule has 1 aliphatic rings. The monoisotopic (exact) mass is 321 g/mol. The van der Waals surface area contributed by atoms with Crippen molar-refractivity contribution >= 4 is 10.0 Å². The van der Waals surface area contributed by atoms with Gasteiger partial charge in [-0.05, 0) is 69.5 Å². The zero-order valence-electron chi connectivity index (χ0n) is 13.2. The van der Waals surface area contributed by atoms with E-state index in [2.05, 4.69) is 11.4 Å². The lowest BCUT2D eigenvalue weighted by atomic mass is 9.95. The van der Waals surface area contributed by atoms with Crippen molar-refractivity contribution in [1.82, 2.24) is 9.62 Å². The van der Waals surface area contributed by atoms with Crippen LogP contribution < -0.4 is 5.32 Å². The Morgan fingerprint density at radius 1 is 1.36 bits per heavy atom. The molecule has 0 atom stereocenters. The summed E-state index contributed by atoms with van der Waals surface area (Å²) < 4.78 is 27.0. The molecular formula is C16H23N3O2S. The number of nitrogens with one attached hydrogen (secondary N) is 1. The van der Waals surface area contributed by atoms with Crippen molar-refractivity contribution in [2.24, 2.45) is 5.92 Å². The maximum absolute atomic E-state index is 12.7. The van der Waals surface area contributed by atoms with E-state index < -0.39 is 10.0 Å². The molecule has 5 nitrogen and oxygen atoms in total. The van der Waals surface area contributed by atoms with Crippen molar-refractivity contribution in [1.29, 1.82) is 5.26 Å². The number of nitrogens with zero attached hydrogens (tertiary/aromatic N) is 2. The van der Waals surface area contributed by atoms with E-state index in [-0.39, 0.29) is 4.90 Å². The first kappa shape index (κ1) is 16.9. The van der Waals surface area contributed by atoms with E-state index >= 15 is 0 Å². The standard InChI is InChI=1S/C16H23N3O2S/c1-13-11-16(4-3-15(13)12-17)22(20,21)19-9-6-14(7-10-19)5-8-18-2/h3-4,11,14,18H,5-10H2,1-2H3. The van der Waals surface area contributed by atoms with Crippen molar-refractivity contribution in [2.45, 2.75) is 31.1 Å². The van der Waals surface area contributed by atoms with Crippen LogP contribution in [0.4, 0.5) is 0 Å². The summed E-state index contributed by atoms with van der Waals surface area (Å²) in [6, 6.07) is 6.78. The van der Waals surface area contributed by atoms with Gasteiger partial charge in [-0.15, -0.1) is 0 Å². The first-order chi connectivity index (χ1) is 10.5. The van der Waals surface area contributed by atoms with Crippen molar-refractivity contribution in [2.75, 3.05) is 26.7 Å². The zero-order chi connectivity index (χ0) is 16.2. The summed E-state index contributed by atoms with van der Waals surface area (Å²) in [4.78, 5) is 0.290. The van der Waals surface area contributed by atoms with Gasteiger partial charge in [-0.3, -0.25) is 0 Å². The molecule has 6 heteroatoms. The molecule has 2 rings (SSSR count). The Kier molecular flexibility index (Phi) is 5.57. The Labute approximate surface area is 133 Å². The van der Waals surface area contributed by atoms with E-state index in [0.717, 1.165) is 25.8 Å². The number of hydrogen-bond acceptors (Lipinski definition) is 4. The average Bonchev–Trinajstić information content (AvgIpc) is 2.53. The summed E-state index contributed by atoms with van der Waals surface area (Å²) in [7, 11) is -1.51. The van der Waals surface area contributed by atoms with Gasteiger partial charge in [0, 0.05) is 13.1 Å². The SMILES string of the molecule is CNCCC1CCN(S(=O)(=O)c2ccc(C#N)c(C)c2)CC1. The third kappa shape index (κ3) is 3.67. The molecule has 1 saturated heterocycles. The topological polar surface area (TPSA) is 73.2 Å². The van der Waals surface area contributed by atoms with Crippen LogP contribution in [0.5, 0.6) is 0 Å². The molecule has 0 bridgehead atoms. The molecule has 0 unspecified atom stereocenters. The average molecular weight is 321 g/mol.